The van der Waals surface area contributed by atoms with Gasteiger partial charge >= 0.3 is 0 Å². The summed E-state index contributed by atoms with van der Waals surface area (Å²) >= 11 is 0. The Bertz CT molecular complexity index is 1410. The smallest absolute Gasteiger partial charge is 0.257 e. The Morgan fingerprint density at radius 2 is 1.83 bits per heavy atom. The summed E-state index contributed by atoms with van der Waals surface area (Å²) in [6, 6.07) is 13.6. The largest absolute Gasteiger partial charge is 0.490 e. The summed E-state index contributed by atoms with van der Waals surface area (Å²) in [4.78, 5) is 23.6. The van der Waals surface area contributed by atoms with Gasteiger partial charge < -0.3 is 24.1 Å². The Balaban J connectivity index is 1.45. The summed E-state index contributed by atoms with van der Waals surface area (Å²) in [6.45, 7) is 3.37. The van der Waals surface area contributed by atoms with Crippen LogP contribution in [0.2, 0.25) is 0 Å². The van der Waals surface area contributed by atoms with Crippen molar-refractivity contribution in [2.45, 2.75) is 6.42 Å². The van der Waals surface area contributed by atoms with Crippen molar-refractivity contribution in [3.8, 4) is 22.8 Å². The van der Waals surface area contributed by atoms with Gasteiger partial charge in [0, 0.05) is 43.9 Å². The highest BCUT2D eigenvalue weighted by molar-refractivity contribution is 6.23. The van der Waals surface area contributed by atoms with Crippen LogP contribution >= 0.6 is 0 Å². The minimum Gasteiger partial charge on any atom is -0.490 e. The Labute approximate surface area is 208 Å². The summed E-state index contributed by atoms with van der Waals surface area (Å²) in [5, 5.41) is 4.71. The van der Waals surface area contributed by atoms with E-state index in [2.05, 4.69) is 4.98 Å². The second-order valence-electron chi connectivity index (χ2n) is 8.88. The van der Waals surface area contributed by atoms with Crippen LogP contribution in [-0.2, 0) is 16.6 Å². The maximum Gasteiger partial charge on any atom is 0.257 e. The molecule has 6 rings (SSSR count). The van der Waals surface area contributed by atoms with E-state index in [1.807, 2.05) is 66.7 Å². The van der Waals surface area contributed by atoms with Gasteiger partial charge in [-0.1, -0.05) is 12.1 Å². The maximum atomic E-state index is 13.7. The van der Waals surface area contributed by atoms with Crippen LogP contribution in [0.3, 0.4) is 0 Å². The van der Waals surface area contributed by atoms with Crippen LogP contribution in [0.4, 0.5) is 0 Å². The lowest BCUT2D eigenvalue weighted by molar-refractivity contribution is -0.128. The van der Waals surface area contributed by atoms with E-state index < -0.39 is 0 Å². The molecule has 0 radical (unpaired) electrons. The first kappa shape index (κ1) is 22.4. The Morgan fingerprint density at radius 3 is 2.67 bits per heavy atom. The molecule has 2 aromatic heterocycles. The Hall–Kier alpha value is -4.11. The molecule has 9 heteroatoms. The lowest BCUT2D eigenvalue weighted by Gasteiger charge is -2.27. The first-order valence-electron chi connectivity index (χ1n) is 12.1. The number of imidazole rings is 1. The van der Waals surface area contributed by atoms with Crippen LogP contribution in [-0.4, -0.2) is 70.1 Å². The van der Waals surface area contributed by atoms with E-state index >= 15 is 0 Å². The van der Waals surface area contributed by atoms with E-state index in [0.29, 0.717) is 56.7 Å². The average Bonchev–Trinajstić information content (AvgIpc) is 3.42. The lowest BCUT2D eigenvalue weighted by Crippen LogP contribution is -2.41. The summed E-state index contributed by atoms with van der Waals surface area (Å²) < 4.78 is 18.9. The third kappa shape index (κ3) is 4.33. The summed E-state index contributed by atoms with van der Waals surface area (Å²) in [6.07, 6.45) is 4.63. The predicted octanol–water partition coefficient (Wildman–Crippen LogP) is 3.52. The third-order valence-corrected chi connectivity index (χ3v) is 6.35. The fourth-order valence-electron chi connectivity index (χ4n) is 4.55. The number of carbonyl (C=O) groups is 1. The summed E-state index contributed by atoms with van der Waals surface area (Å²) in [5.41, 5.74) is 4.61. The van der Waals surface area contributed by atoms with Crippen molar-refractivity contribution in [1.82, 2.24) is 24.6 Å². The van der Waals surface area contributed by atoms with Crippen molar-refractivity contribution < 1.29 is 19.0 Å². The molecular weight excluding hydrogens is 458 g/mol. The first-order chi connectivity index (χ1) is 17.7. The number of fused-ring (bicyclic) bond motifs is 2. The number of carbonyl (C=O) groups excluding carboxylic acids is 1. The number of rotatable bonds is 4. The zero-order valence-corrected chi connectivity index (χ0v) is 20.1. The van der Waals surface area contributed by atoms with Gasteiger partial charge in [0.15, 0.2) is 11.5 Å². The van der Waals surface area contributed by atoms with E-state index in [-0.39, 0.29) is 5.91 Å². The average molecular weight is 486 g/mol. The highest BCUT2D eigenvalue weighted by atomic mass is 16.5. The van der Waals surface area contributed by atoms with Gasteiger partial charge in [-0.2, -0.15) is 5.10 Å². The number of morpholine rings is 1. The Morgan fingerprint density at radius 1 is 1.03 bits per heavy atom. The summed E-state index contributed by atoms with van der Waals surface area (Å²) in [5.74, 6) is 1.87. The van der Waals surface area contributed by atoms with Gasteiger partial charge in [0.1, 0.15) is 5.82 Å². The van der Waals surface area contributed by atoms with Crippen molar-refractivity contribution in [2.75, 3.05) is 39.5 Å². The van der Waals surface area contributed by atoms with E-state index in [9.17, 15) is 4.79 Å². The molecule has 0 spiro atoms. The number of aromatic amines is 1. The van der Waals surface area contributed by atoms with Gasteiger partial charge in [0.25, 0.3) is 5.91 Å². The fourth-order valence-corrected chi connectivity index (χ4v) is 4.55. The molecule has 1 amide bonds. The normalized spacial score (nSPS) is 16.2. The molecule has 0 aliphatic carbocycles. The van der Waals surface area contributed by atoms with E-state index in [1.165, 1.54) is 0 Å². The molecular formula is C27H27N5O4. The first-order valence-corrected chi connectivity index (χ1v) is 12.1. The lowest BCUT2D eigenvalue weighted by atomic mass is 10.0. The molecule has 9 nitrogen and oxygen atoms in total. The minimum absolute atomic E-state index is 0.0918. The second-order valence-corrected chi connectivity index (χ2v) is 8.88. The topological polar surface area (TPSA) is 94.5 Å². The number of nitrogens with zero attached hydrogens (tertiary/aromatic N) is 4. The van der Waals surface area contributed by atoms with Gasteiger partial charge in [-0.05, 0) is 36.4 Å². The van der Waals surface area contributed by atoms with E-state index in [0.717, 1.165) is 40.0 Å². The van der Waals surface area contributed by atoms with Crippen LogP contribution in [0.25, 0.3) is 33.9 Å². The monoisotopic (exact) mass is 485 g/mol. The number of benzene rings is 2. The van der Waals surface area contributed by atoms with E-state index in [4.69, 9.17) is 24.3 Å². The molecule has 0 saturated carbocycles. The van der Waals surface area contributed by atoms with E-state index in [1.54, 1.807) is 4.68 Å². The number of hydrogen-bond donors (Lipinski definition) is 1. The number of aromatic nitrogens is 4. The van der Waals surface area contributed by atoms with Gasteiger partial charge in [0.05, 0.1) is 48.7 Å². The van der Waals surface area contributed by atoms with Crippen LogP contribution in [0, 0.1) is 0 Å². The Kier molecular flexibility index (Phi) is 5.90. The predicted molar refractivity (Wildman–Crippen MR) is 136 cm³/mol. The molecule has 2 aliphatic rings. The molecule has 2 aliphatic heterocycles. The molecule has 4 aromatic rings. The molecule has 0 bridgehead atoms. The molecule has 36 heavy (non-hydrogen) atoms. The van der Waals surface area contributed by atoms with Crippen molar-refractivity contribution in [3.05, 3.63) is 60.0 Å². The number of ether oxygens (including phenoxy) is 3. The standard InChI is InChI=1S/C27H27N5O4/c1-31-17-19(25(30-31)18-7-8-23-24(16-18)36-12-4-11-35-23)15-20(27(33)32-9-13-34-14-10-32)26-28-21-5-2-3-6-22(21)29-26/h2-3,5-8,15-17H,4,9-14H2,1H3,(H,28,29)/b20-15+. The SMILES string of the molecule is Cn1cc(/C=C(/C(=O)N2CCOCC2)c2nc3ccccc3[nH]2)c(-c2ccc3c(c2)OCCCO3)n1. The van der Waals surface area contributed by atoms with Crippen LogP contribution in [0.5, 0.6) is 11.5 Å². The zero-order chi connectivity index (χ0) is 24.5. The van der Waals surface area contributed by atoms with Crippen LogP contribution in [0.1, 0.15) is 17.8 Å². The van der Waals surface area contributed by atoms with Crippen molar-refractivity contribution in [1.29, 1.82) is 0 Å². The number of hydrogen-bond acceptors (Lipinski definition) is 6. The van der Waals surface area contributed by atoms with Crippen molar-refractivity contribution >= 4 is 28.6 Å². The highest BCUT2D eigenvalue weighted by Gasteiger charge is 2.25. The highest BCUT2D eigenvalue weighted by Crippen LogP contribution is 2.36. The molecule has 4 heterocycles. The number of aryl methyl sites for hydroxylation is 1. The maximum absolute atomic E-state index is 13.7. The second kappa shape index (κ2) is 9.50. The van der Waals surface area contributed by atoms with Crippen molar-refractivity contribution in [2.24, 2.45) is 7.05 Å². The molecule has 1 fully saturated rings. The minimum atomic E-state index is -0.0918. The number of para-hydroxylation sites is 2. The molecule has 0 unspecified atom stereocenters. The number of amides is 1. The quantitative estimate of drug-likeness (QED) is 0.445. The third-order valence-electron chi connectivity index (χ3n) is 6.35. The molecule has 1 N–H and O–H groups in total. The van der Waals surface area contributed by atoms with Crippen LogP contribution < -0.4 is 9.47 Å². The van der Waals surface area contributed by atoms with Gasteiger partial charge in [-0.15, -0.1) is 0 Å². The molecule has 0 atom stereocenters. The van der Waals surface area contributed by atoms with Crippen molar-refractivity contribution in [3.63, 3.8) is 0 Å². The van der Waals surface area contributed by atoms with Gasteiger partial charge in [-0.3, -0.25) is 9.48 Å². The fraction of sp³-hybridized carbons (Fsp3) is 0.296. The van der Waals surface area contributed by atoms with Crippen LogP contribution in [0.15, 0.2) is 48.7 Å². The zero-order valence-electron chi connectivity index (χ0n) is 20.1. The number of H-pyrrole nitrogens is 1. The van der Waals surface area contributed by atoms with Gasteiger partial charge in [-0.25, -0.2) is 4.98 Å². The molecule has 1 saturated heterocycles. The van der Waals surface area contributed by atoms with Gasteiger partial charge in [0.2, 0.25) is 0 Å². The molecule has 184 valence electrons. The molecule has 2 aromatic carbocycles. The summed E-state index contributed by atoms with van der Waals surface area (Å²) in [7, 11) is 1.87. The number of nitrogens with one attached hydrogen (secondary N) is 1.